The quantitative estimate of drug-likeness (QED) is 0.742. The fourth-order valence-electron chi connectivity index (χ4n) is 1.83. The summed E-state index contributed by atoms with van der Waals surface area (Å²) in [7, 11) is 0. The molecule has 0 radical (unpaired) electrons. The number of hydrogen-bond acceptors (Lipinski definition) is 3. The lowest BCUT2D eigenvalue weighted by molar-refractivity contribution is 0.801. The summed E-state index contributed by atoms with van der Waals surface area (Å²) in [6.45, 7) is 5.01. The van der Waals surface area contributed by atoms with Gasteiger partial charge in [-0.15, -0.1) is 11.8 Å². The van der Waals surface area contributed by atoms with E-state index in [0.717, 1.165) is 5.75 Å². The van der Waals surface area contributed by atoms with Crippen molar-refractivity contribution < 1.29 is 0 Å². The van der Waals surface area contributed by atoms with Crippen molar-refractivity contribution in [1.82, 2.24) is 0 Å². The molecule has 0 bridgehead atoms. The molecule has 2 nitrogen and oxygen atoms in total. The predicted molar refractivity (Wildman–Crippen MR) is 63.1 cm³/mol. The molecule has 0 fully saturated rings. The molecule has 1 aliphatic rings. The van der Waals surface area contributed by atoms with E-state index in [4.69, 9.17) is 5.73 Å². The lowest BCUT2D eigenvalue weighted by Gasteiger charge is -2.27. The number of anilines is 1. The van der Waals surface area contributed by atoms with Crippen LogP contribution in [0.25, 0.3) is 0 Å². The average Bonchev–Trinajstić information content (AvgIpc) is 2.16. The summed E-state index contributed by atoms with van der Waals surface area (Å²) in [5.41, 5.74) is 9.60. The van der Waals surface area contributed by atoms with E-state index >= 15 is 0 Å². The second-order valence-electron chi connectivity index (χ2n) is 3.85. The fourth-order valence-corrected chi connectivity index (χ4v) is 2.97. The van der Waals surface area contributed by atoms with Gasteiger partial charge in [-0.1, -0.05) is 6.07 Å². The number of fused-ring (bicyclic) bond motifs is 1. The Balaban J connectivity index is 2.37. The molecule has 0 aliphatic carbocycles. The van der Waals surface area contributed by atoms with Gasteiger partial charge in [-0.3, -0.25) is 0 Å². The standard InChI is InChI=1S/C11H16N2S/c1-7-3-8(2)11-10(4-7)13-9(5-12)6-14-11/h3-4,9,13H,5-6,12H2,1-2H3. The third-order valence-electron chi connectivity index (χ3n) is 2.49. The Labute approximate surface area is 89.3 Å². The van der Waals surface area contributed by atoms with Crippen molar-refractivity contribution >= 4 is 17.4 Å². The molecule has 1 aromatic carbocycles. The molecular weight excluding hydrogens is 192 g/mol. The van der Waals surface area contributed by atoms with Crippen LogP contribution in [-0.2, 0) is 0 Å². The van der Waals surface area contributed by atoms with Crippen LogP contribution in [0.15, 0.2) is 17.0 Å². The average molecular weight is 208 g/mol. The largest absolute Gasteiger partial charge is 0.379 e. The van der Waals surface area contributed by atoms with Gasteiger partial charge in [0.25, 0.3) is 0 Å². The molecule has 76 valence electrons. The summed E-state index contributed by atoms with van der Waals surface area (Å²) >= 11 is 1.91. The summed E-state index contributed by atoms with van der Waals surface area (Å²) in [6, 6.07) is 4.86. The molecule has 0 aromatic heterocycles. The molecule has 3 heteroatoms. The fraction of sp³-hybridized carbons (Fsp3) is 0.455. The molecule has 3 N–H and O–H groups in total. The van der Waals surface area contributed by atoms with Crippen LogP contribution in [0.5, 0.6) is 0 Å². The number of hydrogen-bond donors (Lipinski definition) is 2. The highest BCUT2D eigenvalue weighted by atomic mass is 32.2. The molecule has 1 aliphatic heterocycles. The Kier molecular flexibility index (Phi) is 2.70. The van der Waals surface area contributed by atoms with Gasteiger partial charge in [0.05, 0.1) is 0 Å². The molecule has 0 amide bonds. The second-order valence-corrected chi connectivity index (χ2v) is 4.88. The van der Waals surface area contributed by atoms with Crippen molar-refractivity contribution in [3.05, 3.63) is 23.3 Å². The number of aryl methyl sites for hydroxylation is 2. The molecule has 1 aromatic rings. The minimum atomic E-state index is 0.425. The van der Waals surface area contributed by atoms with Crippen molar-refractivity contribution in [1.29, 1.82) is 0 Å². The van der Waals surface area contributed by atoms with Crippen LogP contribution in [0.4, 0.5) is 5.69 Å². The van der Waals surface area contributed by atoms with Gasteiger partial charge in [0.1, 0.15) is 0 Å². The minimum Gasteiger partial charge on any atom is -0.379 e. The predicted octanol–water partition coefficient (Wildman–Crippen LogP) is 2.15. The van der Waals surface area contributed by atoms with E-state index in [0.29, 0.717) is 12.6 Å². The van der Waals surface area contributed by atoms with Crippen LogP contribution >= 0.6 is 11.8 Å². The van der Waals surface area contributed by atoms with Gasteiger partial charge in [-0.25, -0.2) is 0 Å². The van der Waals surface area contributed by atoms with Crippen molar-refractivity contribution in [2.45, 2.75) is 24.8 Å². The van der Waals surface area contributed by atoms with Gasteiger partial charge in [0.15, 0.2) is 0 Å². The number of thioether (sulfide) groups is 1. The van der Waals surface area contributed by atoms with Gasteiger partial charge in [0, 0.05) is 28.9 Å². The maximum absolute atomic E-state index is 5.66. The first-order valence-corrected chi connectivity index (χ1v) is 5.90. The third-order valence-corrected chi connectivity index (χ3v) is 3.89. The van der Waals surface area contributed by atoms with Crippen LogP contribution in [-0.4, -0.2) is 18.3 Å². The van der Waals surface area contributed by atoms with Gasteiger partial charge < -0.3 is 11.1 Å². The zero-order valence-corrected chi connectivity index (χ0v) is 9.45. The Morgan fingerprint density at radius 2 is 2.29 bits per heavy atom. The first kappa shape index (κ1) is 9.87. The summed E-state index contributed by atoms with van der Waals surface area (Å²) in [6.07, 6.45) is 0. The van der Waals surface area contributed by atoms with Crippen LogP contribution in [0.1, 0.15) is 11.1 Å². The van der Waals surface area contributed by atoms with Gasteiger partial charge in [-0.05, 0) is 31.0 Å². The van der Waals surface area contributed by atoms with E-state index < -0.39 is 0 Å². The zero-order valence-electron chi connectivity index (χ0n) is 8.63. The van der Waals surface area contributed by atoms with Gasteiger partial charge in [0.2, 0.25) is 0 Å². The molecule has 14 heavy (non-hydrogen) atoms. The number of rotatable bonds is 1. The molecule has 1 unspecified atom stereocenters. The Morgan fingerprint density at radius 1 is 1.50 bits per heavy atom. The number of nitrogens with one attached hydrogen (secondary N) is 1. The molecular formula is C11H16N2S. The monoisotopic (exact) mass is 208 g/mol. The minimum absolute atomic E-state index is 0.425. The van der Waals surface area contributed by atoms with E-state index in [1.54, 1.807) is 0 Å². The first-order valence-electron chi connectivity index (χ1n) is 4.91. The maximum atomic E-state index is 5.66. The van der Waals surface area contributed by atoms with Crippen molar-refractivity contribution in [3.63, 3.8) is 0 Å². The Morgan fingerprint density at radius 3 is 3.00 bits per heavy atom. The van der Waals surface area contributed by atoms with Crippen molar-refractivity contribution in [2.75, 3.05) is 17.6 Å². The van der Waals surface area contributed by atoms with Crippen molar-refractivity contribution in [3.8, 4) is 0 Å². The summed E-state index contributed by atoms with van der Waals surface area (Å²) in [4.78, 5) is 1.39. The second kappa shape index (κ2) is 3.83. The summed E-state index contributed by atoms with van der Waals surface area (Å²) < 4.78 is 0. The lowest BCUT2D eigenvalue weighted by atomic mass is 10.1. The lowest BCUT2D eigenvalue weighted by Crippen LogP contribution is -2.33. The maximum Gasteiger partial charge on any atom is 0.0486 e. The molecule has 1 atom stereocenters. The summed E-state index contributed by atoms with van der Waals surface area (Å²) in [5, 5.41) is 3.48. The highest BCUT2D eigenvalue weighted by Gasteiger charge is 2.18. The van der Waals surface area contributed by atoms with E-state index in [-0.39, 0.29) is 0 Å². The van der Waals surface area contributed by atoms with Crippen LogP contribution < -0.4 is 11.1 Å². The molecule has 1 heterocycles. The van der Waals surface area contributed by atoms with E-state index in [2.05, 4.69) is 31.3 Å². The molecule has 0 spiro atoms. The number of benzene rings is 1. The molecule has 0 saturated carbocycles. The van der Waals surface area contributed by atoms with Gasteiger partial charge in [-0.2, -0.15) is 0 Å². The molecule has 0 saturated heterocycles. The van der Waals surface area contributed by atoms with Crippen LogP contribution in [0, 0.1) is 13.8 Å². The Hall–Kier alpha value is -0.670. The van der Waals surface area contributed by atoms with Crippen molar-refractivity contribution in [2.24, 2.45) is 5.73 Å². The first-order chi connectivity index (χ1) is 6.70. The highest BCUT2D eigenvalue weighted by Crippen LogP contribution is 2.36. The highest BCUT2D eigenvalue weighted by molar-refractivity contribution is 7.99. The summed E-state index contributed by atoms with van der Waals surface area (Å²) in [5.74, 6) is 1.08. The van der Waals surface area contributed by atoms with E-state index in [1.807, 2.05) is 11.8 Å². The van der Waals surface area contributed by atoms with E-state index in [1.165, 1.54) is 21.7 Å². The third kappa shape index (κ3) is 1.74. The topological polar surface area (TPSA) is 38.0 Å². The smallest absolute Gasteiger partial charge is 0.0486 e. The number of nitrogens with two attached hydrogens (primary N) is 1. The normalized spacial score (nSPS) is 20.1. The molecule has 2 rings (SSSR count). The van der Waals surface area contributed by atoms with E-state index in [9.17, 15) is 0 Å². The zero-order chi connectivity index (χ0) is 10.1. The Bertz CT molecular complexity index is 349. The SMILES string of the molecule is Cc1cc(C)c2c(c1)NC(CN)CS2. The van der Waals surface area contributed by atoms with Gasteiger partial charge >= 0.3 is 0 Å². The van der Waals surface area contributed by atoms with Crippen LogP contribution in [0.3, 0.4) is 0 Å². The van der Waals surface area contributed by atoms with Crippen LogP contribution in [0.2, 0.25) is 0 Å².